The molecule has 4 nitrogen and oxygen atoms in total. The molecule has 2 fully saturated rings. The molecule has 0 bridgehead atoms. The Morgan fingerprint density at radius 3 is 2.63 bits per heavy atom. The van der Waals surface area contributed by atoms with Crippen molar-refractivity contribution in [2.45, 2.75) is 45.2 Å². The molecule has 2 aliphatic rings. The van der Waals surface area contributed by atoms with Crippen LogP contribution < -0.4 is 5.32 Å². The number of rotatable bonds is 5. The number of morpholine rings is 1. The van der Waals surface area contributed by atoms with Crippen LogP contribution in [0.5, 0.6) is 0 Å². The standard InChI is InChI=1S/C15H31N3O/c1-14(2)18-7-3-4-15(5-8-18)16-6-9-17-10-12-19-13-11-17/h14-16H,3-13H2,1-2H3. The molecule has 2 rings (SSSR count). The summed E-state index contributed by atoms with van der Waals surface area (Å²) < 4.78 is 5.38. The minimum atomic E-state index is 0.701. The third-order valence-corrected chi connectivity index (χ3v) is 4.46. The fourth-order valence-electron chi connectivity index (χ4n) is 3.09. The summed E-state index contributed by atoms with van der Waals surface area (Å²) in [7, 11) is 0. The van der Waals surface area contributed by atoms with E-state index < -0.39 is 0 Å². The highest BCUT2D eigenvalue weighted by atomic mass is 16.5. The molecule has 0 aliphatic carbocycles. The van der Waals surface area contributed by atoms with Crippen molar-refractivity contribution >= 4 is 0 Å². The number of nitrogens with zero attached hydrogens (tertiary/aromatic N) is 2. The van der Waals surface area contributed by atoms with Gasteiger partial charge in [-0.15, -0.1) is 0 Å². The maximum atomic E-state index is 5.38. The molecule has 2 aliphatic heterocycles. The molecule has 0 spiro atoms. The first kappa shape index (κ1) is 15.2. The first-order valence-corrected chi connectivity index (χ1v) is 8.03. The molecule has 19 heavy (non-hydrogen) atoms. The summed E-state index contributed by atoms with van der Waals surface area (Å²) in [6, 6.07) is 1.43. The van der Waals surface area contributed by atoms with Gasteiger partial charge >= 0.3 is 0 Å². The molecule has 2 saturated heterocycles. The largest absolute Gasteiger partial charge is 0.379 e. The Hall–Kier alpha value is -0.160. The minimum absolute atomic E-state index is 0.701. The molecular weight excluding hydrogens is 238 g/mol. The van der Waals surface area contributed by atoms with E-state index in [1.165, 1.54) is 38.9 Å². The Morgan fingerprint density at radius 2 is 1.89 bits per heavy atom. The lowest BCUT2D eigenvalue weighted by Gasteiger charge is -2.27. The van der Waals surface area contributed by atoms with Crippen LogP contribution >= 0.6 is 0 Å². The van der Waals surface area contributed by atoms with E-state index in [9.17, 15) is 0 Å². The van der Waals surface area contributed by atoms with Crippen LogP contribution in [0.3, 0.4) is 0 Å². The predicted molar refractivity (Wildman–Crippen MR) is 79.6 cm³/mol. The number of ether oxygens (including phenoxy) is 1. The van der Waals surface area contributed by atoms with Crippen molar-refractivity contribution in [2.75, 3.05) is 52.5 Å². The van der Waals surface area contributed by atoms with Gasteiger partial charge in [0.05, 0.1) is 13.2 Å². The zero-order chi connectivity index (χ0) is 13.5. The van der Waals surface area contributed by atoms with Crippen LogP contribution in [0.2, 0.25) is 0 Å². The summed E-state index contributed by atoms with van der Waals surface area (Å²) in [6.45, 7) is 13.5. The highest BCUT2D eigenvalue weighted by Crippen LogP contribution is 2.13. The van der Waals surface area contributed by atoms with Gasteiger partial charge in [0.1, 0.15) is 0 Å². The van der Waals surface area contributed by atoms with Crippen molar-refractivity contribution < 1.29 is 4.74 Å². The first-order chi connectivity index (χ1) is 9.25. The van der Waals surface area contributed by atoms with Crippen molar-refractivity contribution in [3.8, 4) is 0 Å². The summed E-state index contributed by atoms with van der Waals surface area (Å²) in [6.07, 6.45) is 3.99. The van der Waals surface area contributed by atoms with E-state index >= 15 is 0 Å². The van der Waals surface area contributed by atoms with Gasteiger partial charge < -0.3 is 15.0 Å². The molecule has 0 aromatic rings. The van der Waals surface area contributed by atoms with Crippen molar-refractivity contribution in [1.29, 1.82) is 0 Å². The lowest BCUT2D eigenvalue weighted by Crippen LogP contribution is -2.42. The van der Waals surface area contributed by atoms with Crippen LogP contribution in [0, 0.1) is 0 Å². The molecule has 0 radical (unpaired) electrons. The van der Waals surface area contributed by atoms with Crippen LogP contribution in [0.25, 0.3) is 0 Å². The number of likely N-dealkylation sites (tertiary alicyclic amines) is 1. The average Bonchev–Trinajstić information content (AvgIpc) is 2.66. The molecule has 1 N–H and O–H groups in total. The van der Waals surface area contributed by atoms with Crippen LogP contribution in [0.15, 0.2) is 0 Å². The Morgan fingerprint density at radius 1 is 1.11 bits per heavy atom. The monoisotopic (exact) mass is 269 g/mol. The number of hydrogen-bond donors (Lipinski definition) is 1. The SMILES string of the molecule is CC(C)N1CCCC(NCCN2CCOCC2)CC1. The maximum absolute atomic E-state index is 5.38. The Bertz CT molecular complexity index is 242. The predicted octanol–water partition coefficient (Wildman–Crippen LogP) is 1.17. The van der Waals surface area contributed by atoms with Crippen LogP contribution in [0.4, 0.5) is 0 Å². The zero-order valence-corrected chi connectivity index (χ0v) is 12.7. The van der Waals surface area contributed by atoms with Crippen molar-refractivity contribution in [3.63, 3.8) is 0 Å². The first-order valence-electron chi connectivity index (χ1n) is 8.03. The molecule has 4 heteroatoms. The third-order valence-electron chi connectivity index (χ3n) is 4.46. The summed E-state index contributed by atoms with van der Waals surface area (Å²) in [4.78, 5) is 5.12. The van der Waals surface area contributed by atoms with Gasteiger partial charge in [0.2, 0.25) is 0 Å². The zero-order valence-electron chi connectivity index (χ0n) is 12.7. The van der Waals surface area contributed by atoms with E-state index in [2.05, 4.69) is 29.0 Å². The van der Waals surface area contributed by atoms with Crippen LogP contribution in [-0.4, -0.2) is 74.4 Å². The number of hydrogen-bond acceptors (Lipinski definition) is 4. The Balaban J connectivity index is 1.60. The summed E-state index contributed by atoms with van der Waals surface area (Å²) >= 11 is 0. The maximum Gasteiger partial charge on any atom is 0.0594 e. The van der Waals surface area contributed by atoms with Gasteiger partial charge in [-0.1, -0.05) is 0 Å². The van der Waals surface area contributed by atoms with Gasteiger partial charge in [-0.05, 0) is 46.2 Å². The average molecular weight is 269 g/mol. The van der Waals surface area contributed by atoms with Gasteiger partial charge in [0, 0.05) is 38.3 Å². The van der Waals surface area contributed by atoms with E-state index in [0.29, 0.717) is 6.04 Å². The topological polar surface area (TPSA) is 27.7 Å². The molecule has 112 valence electrons. The van der Waals surface area contributed by atoms with E-state index in [1.807, 2.05) is 0 Å². The van der Waals surface area contributed by atoms with Gasteiger partial charge in [0.15, 0.2) is 0 Å². The van der Waals surface area contributed by atoms with Gasteiger partial charge in [-0.25, -0.2) is 0 Å². The third kappa shape index (κ3) is 5.38. The Labute approximate surface area is 118 Å². The normalized spacial score (nSPS) is 27.6. The molecule has 1 unspecified atom stereocenters. The molecule has 1 atom stereocenters. The lowest BCUT2D eigenvalue weighted by molar-refractivity contribution is 0.0381. The molecule has 0 amide bonds. The second-order valence-corrected chi connectivity index (χ2v) is 6.17. The summed E-state index contributed by atoms with van der Waals surface area (Å²) in [5, 5.41) is 3.76. The summed E-state index contributed by atoms with van der Waals surface area (Å²) in [5.74, 6) is 0. The second-order valence-electron chi connectivity index (χ2n) is 6.17. The molecule has 0 saturated carbocycles. The van der Waals surface area contributed by atoms with Gasteiger partial charge in [0.25, 0.3) is 0 Å². The van der Waals surface area contributed by atoms with E-state index in [1.54, 1.807) is 0 Å². The van der Waals surface area contributed by atoms with Gasteiger partial charge in [-0.3, -0.25) is 4.90 Å². The smallest absolute Gasteiger partial charge is 0.0594 e. The van der Waals surface area contributed by atoms with E-state index in [0.717, 1.165) is 38.9 Å². The second kappa shape index (κ2) is 8.20. The van der Waals surface area contributed by atoms with E-state index in [4.69, 9.17) is 4.74 Å². The van der Waals surface area contributed by atoms with Crippen LogP contribution in [-0.2, 0) is 4.74 Å². The van der Waals surface area contributed by atoms with Crippen molar-refractivity contribution in [1.82, 2.24) is 15.1 Å². The fourth-order valence-corrected chi connectivity index (χ4v) is 3.09. The highest BCUT2D eigenvalue weighted by molar-refractivity contribution is 4.77. The van der Waals surface area contributed by atoms with E-state index in [-0.39, 0.29) is 0 Å². The number of nitrogens with one attached hydrogen (secondary N) is 1. The van der Waals surface area contributed by atoms with Crippen LogP contribution in [0.1, 0.15) is 33.1 Å². The van der Waals surface area contributed by atoms with Crippen molar-refractivity contribution in [3.05, 3.63) is 0 Å². The fraction of sp³-hybridized carbons (Fsp3) is 1.00. The molecular formula is C15H31N3O. The van der Waals surface area contributed by atoms with Crippen molar-refractivity contribution in [2.24, 2.45) is 0 Å². The lowest BCUT2D eigenvalue weighted by atomic mass is 10.1. The highest BCUT2D eigenvalue weighted by Gasteiger charge is 2.18. The Kier molecular flexibility index (Phi) is 6.57. The quantitative estimate of drug-likeness (QED) is 0.811. The molecule has 0 aromatic carbocycles. The molecule has 0 aromatic heterocycles. The summed E-state index contributed by atoms with van der Waals surface area (Å²) in [5.41, 5.74) is 0. The molecule has 2 heterocycles. The van der Waals surface area contributed by atoms with Gasteiger partial charge in [-0.2, -0.15) is 0 Å². The minimum Gasteiger partial charge on any atom is -0.379 e.